The predicted octanol–water partition coefficient (Wildman–Crippen LogP) is -0.0958. The number of halogens is 2. The van der Waals surface area contributed by atoms with Crippen LogP contribution in [0.15, 0.2) is 20.9 Å². The third-order valence-corrected chi connectivity index (χ3v) is 2.27. The molecule has 78 valence electrons. The molecule has 2 rings (SSSR count). The van der Waals surface area contributed by atoms with Gasteiger partial charge in [-0.2, -0.15) is 0 Å². The van der Waals surface area contributed by atoms with E-state index in [9.17, 15) is 8.78 Å². The van der Waals surface area contributed by atoms with Crippen LogP contribution in [0.2, 0.25) is 0 Å². The monoisotopic (exact) mass is 359 g/mol. The quantitative estimate of drug-likeness (QED) is 0.525. The summed E-state index contributed by atoms with van der Waals surface area (Å²) in [7, 11) is 0. The van der Waals surface area contributed by atoms with Gasteiger partial charge in [-0.15, -0.1) is 0 Å². The zero-order chi connectivity index (χ0) is 11.0. The molecule has 0 saturated carbocycles. The topological polar surface area (TPSA) is 25.5 Å². The maximum Gasteiger partial charge on any atom is 1.00 e. The summed E-state index contributed by atoms with van der Waals surface area (Å²) in [6.45, 7) is 1.69. The molecule has 0 bridgehead atoms. The van der Waals surface area contributed by atoms with Gasteiger partial charge in [0.15, 0.2) is 11.4 Å². The normalized spacial score (nSPS) is 10.9. The standard InChI is InChI=1S/C10H7F2NOS.Cs/c1-5-7-2-6(11)3-8(12)10(7)14-9(5)4-13-15;/h2-4,15H,1H3;/q;+1/p-1/b13-4-;. The van der Waals surface area contributed by atoms with Crippen LogP contribution in [0.3, 0.4) is 0 Å². The molecule has 0 saturated heterocycles. The summed E-state index contributed by atoms with van der Waals surface area (Å²) >= 11 is 4.40. The molecule has 0 aliphatic rings. The number of nitrogens with zero attached hydrogens (tertiary/aromatic N) is 1. The minimum atomic E-state index is -0.725. The van der Waals surface area contributed by atoms with E-state index in [1.165, 1.54) is 12.3 Å². The van der Waals surface area contributed by atoms with Gasteiger partial charge in [0.25, 0.3) is 0 Å². The smallest absolute Gasteiger partial charge is 0.669 e. The molecule has 1 heterocycles. The van der Waals surface area contributed by atoms with E-state index in [1.54, 1.807) is 6.92 Å². The minimum absolute atomic E-state index is 0. The molecule has 0 unspecified atom stereocenters. The van der Waals surface area contributed by atoms with Crippen LogP contribution in [0.4, 0.5) is 8.78 Å². The van der Waals surface area contributed by atoms with Crippen molar-refractivity contribution in [3.05, 3.63) is 35.1 Å². The Morgan fingerprint density at radius 3 is 2.69 bits per heavy atom. The van der Waals surface area contributed by atoms with E-state index in [4.69, 9.17) is 4.42 Å². The van der Waals surface area contributed by atoms with Gasteiger partial charge >= 0.3 is 68.9 Å². The van der Waals surface area contributed by atoms with Crippen molar-refractivity contribution in [1.82, 2.24) is 0 Å². The van der Waals surface area contributed by atoms with E-state index in [-0.39, 0.29) is 74.5 Å². The third-order valence-electron chi connectivity index (χ3n) is 2.16. The van der Waals surface area contributed by atoms with Crippen molar-refractivity contribution in [3.8, 4) is 0 Å². The maximum atomic E-state index is 13.3. The van der Waals surface area contributed by atoms with Crippen LogP contribution < -0.4 is 68.9 Å². The Hall–Kier alpha value is 0.562. The number of furan rings is 1. The van der Waals surface area contributed by atoms with E-state index in [0.29, 0.717) is 16.7 Å². The molecule has 0 fully saturated rings. The molecule has 0 atom stereocenters. The molecule has 0 spiro atoms. The molecule has 0 N–H and O–H groups in total. The fraction of sp³-hybridized carbons (Fsp3) is 0.100. The summed E-state index contributed by atoms with van der Waals surface area (Å²) in [5.41, 5.74) is 0.649. The van der Waals surface area contributed by atoms with E-state index in [1.807, 2.05) is 0 Å². The Balaban J connectivity index is 0.00000128. The number of hydrogen-bond donors (Lipinski definition) is 0. The molecule has 1 aromatic heterocycles. The second kappa shape index (κ2) is 5.94. The molecule has 0 aliphatic carbocycles. The van der Waals surface area contributed by atoms with E-state index >= 15 is 0 Å². The maximum absolute atomic E-state index is 13.3. The summed E-state index contributed by atoms with van der Waals surface area (Å²) in [6, 6.07) is 2.00. The average molecular weight is 359 g/mol. The van der Waals surface area contributed by atoms with Gasteiger partial charge in [0.2, 0.25) is 0 Å². The van der Waals surface area contributed by atoms with Gasteiger partial charge in [-0.05, 0) is 13.0 Å². The predicted molar refractivity (Wildman–Crippen MR) is 55.8 cm³/mol. The molecule has 2 nitrogen and oxygen atoms in total. The first-order valence-corrected chi connectivity index (χ1v) is 4.54. The summed E-state index contributed by atoms with van der Waals surface area (Å²) in [6.07, 6.45) is 1.29. The Morgan fingerprint density at radius 1 is 1.38 bits per heavy atom. The van der Waals surface area contributed by atoms with Crippen LogP contribution in [0.25, 0.3) is 11.0 Å². The second-order valence-electron chi connectivity index (χ2n) is 3.09. The number of aryl methyl sites for hydroxylation is 1. The Morgan fingerprint density at radius 2 is 2.06 bits per heavy atom. The van der Waals surface area contributed by atoms with E-state index in [0.717, 1.165) is 6.07 Å². The molecule has 1 aromatic carbocycles. The molecule has 0 aliphatic heterocycles. The zero-order valence-electron chi connectivity index (χ0n) is 8.75. The van der Waals surface area contributed by atoms with Crippen molar-refractivity contribution < 1.29 is 82.1 Å². The summed E-state index contributed by atoms with van der Waals surface area (Å²) in [4.78, 5) is 0. The first-order chi connectivity index (χ1) is 7.13. The van der Waals surface area contributed by atoms with Crippen molar-refractivity contribution in [1.29, 1.82) is 0 Å². The Bertz CT molecular complexity index is 553. The number of benzene rings is 1. The third kappa shape index (κ3) is 2.69. The van der Waals surface area contributed by atoms with Crippen molar-refractivity contribution in [2.45, 2.75) is 6.92 Å². The Kier molecular flexibility index (Phi) is 5.43. The fourth-order valence-electron chi connectivity index (χ4n) is 1.43. The average Bonchev–Trinajstić information content (AvgIpc) is 2.47. The van der Waals surface area contributed by atoms with Crippen molar-refractivity contribution in [2.75, 3.05) is 0 Å². The number of fused-ring (bicyclic) bond motifs is 1. The van der Waals surface area contributed by atoms with Crippen LogP contribution in [0.1, 0.15) is 11.3 Å². The molecule has 0 radical (unpaired) electrons. The van der Waals surface area contributed by atoms with Gasteiger partial charge in [0.05, 0.1) is 0 Å². The second-order valence-corrected chi connectivity index (χ2v) is 3.30. The zero-order valence-corrected chi connectivity index (χ0v) is 15.8. The van der Waals surface area contributed by atoms with Crippen LogP contribution >= 0.6 is 0 Å². The Labute approximate surface area is 155 Å². The van der Waals surface area contributed by atoms with Crippen LogP contribution in [0, 0.1) is 18.6 Å². The van der Waals surface area contributed by atoms with Gasteiger partial charge in [0, 0.05) is 23.2 Å². The largest absolute Gasteiger partial charge is 1.00 e. The minimum Gasteiger partial charge on any atom is -0.669 e. The SMILES string of the molecule is Cc1c(/C=N\[S-])oc2c(F)cc(F)cc12.[Cs+]. The first-order valence-electron chi connectivity index (χ1n) is 4.17. The van der Waals surface area contributed by atoms with Crippen molar-refractivity contribution in [3.63, 3.8) is 0 Å². The van der Waals surface area contributed by atoms with E-state index in [2.05, 4.69) is 17.2 Å². The van der Waals surface area contributed by atoms with Crippen molar-refractivity contribution >= 4 is 30.0 Å². The van der Waals surface area contributed by atoms with Gasteiger partial charge in [-0.3, -0.25) is 0 Å². The molecular weight excluding hydrogens is 353 g/mol. The molecular formula is C10H6CsF2NOS. The van der Waals surface area contributed by atoms with Crippen LogP contribution in [-0.2, 0) is 12.8 Å². The first kappa shape index (κ1) is 14.6. The molecule has 2 aromatic rings. The molecule has 6 heteroatoms. The van der Waals surface area contributed by atoms with Gasteiger partial charge in [-0.25, -0.2) is 8.78 Å². The van der Waals surface area contributed by atoms with Crippen LogP contribution in [-0.4, -0.2) is 6.21 Å². The summed E-state index contributed by atoms with van der Waals surface area (Å²) < 4.78 is 34.7. The fourth-order valence-corrected chi connectivity index (χ4v) is 1.53. The number of rotatable bonds is 1. The van der Waals surface area contributed by atoms with Crippen molar-refractivity contribution in [2.24, 2.45) is 4.40 Å². The van der Waals surface area contributed by atoms with Gasteiger partial charge in [0.1, 0.15) is 11.6 Å². The van der Waals surface area contributed by atoms with E-state index < -0.39 is 11.6 Å². The molecule has 16 heavy (non-hydrogen) atoms. The van der Waals surface area contributed by atoms with Gasteiger partial charge < -0.3 is 21.6 Å². The van der Waals surface area contributed by atoms with Gasteiger partial charge in [-0.1, -0.05) is 0 Å². The summed E-state index contributed by atoms with van der Waals surface area (Å²) in [5, 5.41) is 0.400. The number of hydrogen-bond acceptors (Lipinski definition) is 3. The van der Waals surface area contributed by atoms with Crippen LogP contribution in [0.5, 0.6) is 0 Å². The molecule has 0 amide bonds. The summed E-state index contributed by atoms with van der Waals surface area (Å²) in [5.74, 6) is -1.01.